The highest BCUT2D eigenvalue weighted by molar-refractivity contribution is 5.82. The lowest BCUT2D eigenvalue weighted by Gasteiger charge is -2.19. The summed E-state index contributed by atoms with van der Waals surface area (Å²) in [6.45, 7) is 3.97. The van der Waals surface area contributed by atoms with Crippen LogP contribution in [0, 0.1) is 5.92 Å². The van der Waals surface area contributed by atoms with Crippen LogP contribution in [0.4, 0.5) is 0 Å². The van der Waals surface area contributed by atoms with E-state index in [-0.39, 0.29) is 12.1 Å². The lowest BCUT2D eigenvalue weighted by atomic mass is 9.99. The van der Waals surface area contributed by atoms with Crippen molar-refractivity contribution in [3.63, 3.8) is 0 Å². The zero-order valence-corrected chi connectivity index (χ0v) is 12.7. The third kappa shape index (κ3) is 8.12. The summed E-state index contributed by atoms with van der Waals surface area (Å²) in [5.41, 5.74) is 0.876. The molecule has 1 N–H and O–H groups in total. The van der Waals surface area contributed by atoms with Crippen LogP contribution >= 0.6 is 0 Å². The molecule has 0 aromatic rings. The SMILES string of the molecule is C/C(=C/C(=O)O)CC/C=C\C(C)CCC1CC=CC(=O)O1. The standard InChI is InChI=1S/C17H24O4/c1-13(6-3-4-7-14(2)12-16(18)19)10-11-15-8-5-9-17(20)21-15/h3,5-6,9,12-13,15H,4,7-8,10-11H2,1-2H3,(H,18,19)/b6-3-,14-12-. The lowest BCUT2D eigenvalue weighted by molar-refractivity contribution is -0.144. The van der Waals surface area contributed by atoms with Gasteiger partial charge in [0.1, 0.15) is 6.10 Å². The molecule has 2 unspecified atom stereocenters. The molecule has 4 nitrogen and oxygen atoms in total. The van der Waals surface area contributed by atoms with Gasteiger partial charge in [-0.05, 0) is 38.5 Å². The monoisotopic (exact) mass is 292 g/mol. The van der Waals surface area contributed by atoms with Gasteiger partial charge < -0.3 is 9.84 Å². The second-order valence-electron chi connectivity index (χ2n) is 5.55. The number of rotatable bonds is 8. The summed E-state index contributed by atoms with van der Waals surface area (Å²) in [6, 6.07) is 0. The van der Waals surface area contributed by atoms with E-state index in [0.29, 0.717) is 5.92 Å². The van der Waals surface area contributed by atoms with E-state index < -0.39 is 5.97 Å². The molecule has 0 aromatic heterocycles. The van der Waals surface area contributed by atoms with Gasteiger partial charge in [0, 0.05) is 18.6 Å². The Bertz CT molecular complexity index is 446. The van der Waals surface area contributed by atoms with Crippen molar-refractivity contribution in [1.82, 2.24) is 0 Å². The van der Waals surface area contributed by atoms with Gasteiger partial charge >= 0.3 is 11.9 Å². The van der Waals surface area contributed by atoms with Crippen molar-refractivity contribution in [2.24, 2.45) is 5.92 Å². The Balaban J connectivity index is 2.19. The summed E-state index contributed by atoms with van der Waals surface area (Å²) in [5, 5.41) is 8.61. The Hall–Kier alpha value is -1.84. The van der Waals surface area contributed by atoms with Crippen molar-refractivity contribution in [3.8, 4) is 0 Å². The Labute approximate surface area is 126 Å². The molecular weight excluding hydrogens is 268 g/mol. The molecule has 4 heteroatoms. The van der Waals surface area contributed by atoms with E-state index in [1.54, 1.807) is 0 Å². The number of hydrogen-bond donors (Lipinski definition) is 1. The molecule has 0 spiro atoms. The molecule has 1 heterocycles. The summed E-state index contributed by atoms with van der Waals surface area (Å²) in [7, 11) is 0. The highest BCUT2D eigenvalue weighted by Gasteiger charge is 2.16. The molecule has 2 atom stereocenters. The van der Waals surface area contributed by atoms with Crippen molar-refractivity contribution in [3.05, 3.63) is 36.0 Å². The third-order valence-corrected chi connectivity index (χ3v) is 3.42. The number of hydrogen-bond acceptors (Lipinski definition) is 3. The molecule has 0 bridgehead atoms. The van der Waals surface area contributed by atoms with Gasteiger partial charge in [0.15, 0.2) is 0 Å². The van der Waals surface area contributed by atoms with Crippen LogP contribution in [0.5, 0.6) is 0 Å². The van der Waals surface area contributed by atoms with Crippen LogP contribution in [0.2, 0.25) is 0 Å². The number of carboxylic acids is 1. The number of carbonyl (C=O) groups excluding carboxylic acids is 1. The summed E-state index contributed by atoms with van der Waals surface area (Å²) in [6.07, 6.45) is 13.1. The zero-order valence-electron chi connectivity index (χ0n) is 12.7. The molecule has 21 heavy (non-hydrogen) atoms. The fraction of sp³-hybridized carbons (Fsp3) is 0.529. The van der Waals surface area contributed by atoms with E-state index in [1.807, 2.05) is 13.0 Å². The third-order valence-electron chi connectivity index (χ3n) is 3.42. The molecule has 0 amide bonds. The average molecular weight is 292 g/mol. The molecular formula is C17H24O4. The van der Waals surface area contributed by atoms with Gasteiger partial charge in [-0.1, -0.05) is 30.7 Å². The van der Waals surface area contributed by atoms with E-state index in [4.69, 9.17) is 9.84 Å². The first-order valence-electron chi connectivity index (χ1n) is 7.41. The molecule has 0 saturated carbocycles. The van der Waals surface area contributed by atoms with Crippen LogP contribution < -0.4 is 0 Å². The first-order valence-corrected chi connectivity index (χ1v) is 7.41. The van der Waals surface area contributed by atoms with Gasteiger partial charge in [0.2, 0.25) is 0 Å². The van der Waals surface area contributed by atoms with Crippen LogP contribution in [0.3, 0.4) is 0 Å². The predicted octanol–water partition coefficient (Wildman–Crippen LogP) is 3.64. The van der Waals surface area contributed by atoms with Gasteiger partial charge in [-0.3, -0.25) is 0 Å². The summed E-state index contributed by atoms with van der Waals surface area (Å²) >= 11 is 0. The summed E-state index contributed by atoms with van der Waals surface area (Å²) in [5.74, 6) is -0.700. The highest BCUT2D eigenvalue weighted by Crippen LogP contribution is 2.17. The van der Waals surface area contributed by atoms with E-state index in [1.165, 1.54) is 12.2 Å². The molecule has 0 aliphatic carbocycles. The second kappa shape index (κ2) is 9.16. The number of carboxylic acid groups (broad SMARTS) is 1. The Morgan fingerprint density at radius 1 is 1.57 bits per heavy atom. The maximum Gasteiger partial charge on any atom is 0.330 e. The van der Waals surface area contributed by atoms with Gasteiger partial charge in [-0.25, -0.2) is 9.59 Å². The number of aliphatic carboxylic acids is 1. The van der Waals surface area contributed by atoms with Crippen molar-refractivity contribution in [2.75, 3.05) is 0 Å². The number of carbonyl (C=O) groups is 2. The van der Waals surface area contributed by atoms with Crippen LogP contribution in [0.15, 0.2) is 36.0 Å². The van der Waals surface area contributed by atoms with Crippen LogP contribution in [-0.4, -0.2) is 23.1 Å². The minimum absolute atomic E-state index is 0.0131. The van der Waals surface area contributed by atoms with Crippen molar-refractivity contribution >= 4 is 11.9 Å². The second-order valence-corrected chi connectivity index (χ2v) is 5.55. The maximum atomic E-state index is 11.1. The van der Waals surface area contributed by atoms with Crippen molar-refractivity contribution in [1.29, 1.82) is 0 Å². The van der Waals surface area contributed by atoms with Crippen LogP contribution in [0.25, 0.3) is 0 Å². The smallest absolute Gasteiger partial charge is 0.330 e. The quantitative estimate of drug-likeness (QED) is 0.421. The zero-order chi connectivity index (χ0) is 15.7. The number of esters is 1. The predicted molar refractivity (Wildman–Crippen MR) is 81.8 cm³/mol. The molecule has 0 aromatic carbocycles. The minimum Gasteiger partial charge on any atom is -0.478 e. The molecule has 1 rings (SSSR count). The van der Waals surface area contributed by atoms with Gasteiger partial charge in [0.05, 0.1) is 0 Å². The Morgan fingerprint density at radius 3 is 3.00 bits per heavy atom. The first-order chi connectivity index (χ1) is 9.97. The Kier molecular flexibility index (Phi) is 7.51. The molecule has 0 fully saturated rings. The fourth-order valence-corrected chi connectivity index (χ4v) is 2.21. The van der Waals surface area contributed by atoms with Gasteiger partial charge in [-0.15, -0.1) is 0 Å². The van der Waals surface area contributed by atoms with Gasteiger partial charge in [0.25, 0.3) is 0 Å². The van der Waals surface area contributed by atoms with Crippen molar-refractivity contribution < 1.29 is 19.4 Å². The van der Waals surface area contributed by atoms with E-state index in [2.05, 4.69) is 19.1 Å². The average Bonchev–Trinajstić information content (AvgIpc) is 2.41. The molecule has 0 saturated heterocycles. The number of allylic oxidation sites excluding steroid dienone is 3. The molecule has 0 radical (unpaired) electrons. The Morgan fingerprint density at radius 2 is 2.33 bits per heavy atom. The summed E-state index contributed by atoms with van der Waals surface area (Å²) < 4.78 is 5.22. The molecule has 1 aliphatic heterocycles. The molecule has 1 aliphatic rings. The minimum atomic E-state index is -0.888. The maximum absolute atomic E-state index is 11.1. The van der Waals surface area contributed by atoms with E-state index >= 15 is 0 Å². The lowest BCUT2D eigenvalue weighted by Crippen LogP contribution is -2.20. The highest BCUT2D eigenvalue weighted by atomic mass is 16.5. The number of ether oxygens (including phenoxy) is 1. The van der Waals surface area contributed by atoms with Crippen molar-refractivity contribution in [2.45, 2.75) is 52.1 Å². The summed E-state index contributed by atoms with van der Waals surface area (Å²) in [4.78, 5) is 21.6. The van der Waals surface area contributed by atoms with Crippen LogP contribution in [0.1, 0.15) is 46.0 Å². The van der Waals surface area contributed by atoms with Crippen LogP contribution in [-0.2, 0) is 14.3 Å². The number of cyclic esters (lactones) is 1. The topological polar surface area (TPSA) is 63.6 Å². The fourth-order valence-electron chi connectivity index (χ4n) is 2.21. The first kappa shape index (κ1) is 17.2. The normalized spacial score (nSPS) is 20.6. The van der Waals surface area contributed by atoms with E-state index in [0.717, 1.165) is 37.7 Å². The molecule has 116 valence electrons. The van der Waals surface area contributed by atoms with Gasteiger partial charge in [-0.2, -0.15) is 0 Å². The largest absolute Gasteiger partial charge is 0.478 e. The van der Waals surface area contributed by atoms with E-state index in [9.17, 15) is 9.59 Å².